The molecule has 0 saturated carbocycles. The van der Waals surface area contributed by atoms with Crippen LogP contribution in [-0.2, 0) is 6.42 Å². The Kier molecular flexibility index (Phi) is 3.21. The van der Waals surface area contributed by atoms with E-state index in [1.165, 1.54) is 9.71 Å². The molecule has 0 unspecified atom stereocenters. The predicted molar refractivity (Wildman–Crippen MR) is 74.7 cm³/mol. The van der Waals surface area contributed by atoms with Gasteiger partial charge in [-0.05, 0) is 17.9 Å². The number of pyridine rings is 1. The lowest BCUT2D eigenvalue weighted by Crippen LogP contribution is -2.10. The first-order chi connectivity index (χ1) is 7.85. The lowest BCUT2D eigenvalue weighted by molar-refractivity contribution is 0.406. The summed E-state index contributed by atoms with van der Waals surface area (Å²) in [5, 5.41) is 1.20. The van der Waals surface area contributed by atoms with E-state index in [-0.39, 0.29) is 5.41 Å². The number of aromatic nitrogens is 2. The van der Waals surface area contributed by atoms with Crippen LogP contribution in [0.3, 0.4) is 0 Å². The van der Waals surface area contributed by atoms with Gasteiger partial charge in [0.25, 0.3) is 0 Å². The first-order valence-electron chi connectivity index (χ1n) is 6.10. The second-order valence-corrected chi connectivity index (χ2v) is 7.15. The Labute approximate surface area is 107 Å². The smallest absolute Gasteiger partial charge is 0.0964 e. The Balaban J connectivity index is 2.37. The molecule has 2 aromatic heterocycles. The van der Waals surface area contributed by atoms with E-state index in [1.807, 2.05) is 6.20 Å². The molecule has 92 valence electrons. The molecule has 0 amide bonds. The van der Waals surface area contributed by atoms with Gasteiger partial charge in [-0.1, -0.05) is 34.6 Å². The minimum absolute atomic E-state index is 0.275. The third-order valence-corrected chi connectivity index (χ3v) is 3.86. The van der Waals surface area contributed by atoms with Crippen LogP contribution in [0.5, 0.6) is 0 Å². The first kappa shape index (κ1) is 12.5. The molecule has 0 bridgehead atoms. The third kappa shape index (κ3) is 3.03. The van der Waals surface area contributed by atoms with Gasteiger partial charge in [-0.2, -0.15) is 0 Å². The van der Waals surface area contributed by atoms with Crippen LogP contribution in [0, 0.1) is 5.41 Å². The molecule has 0 aliphatic heterocycles. The summed E-state index contributed by atoms with van der Waals surface area (Å²) < 4.78 is 1.20. The number of rotatable bonds is 2. The van der Waals surface area contributed by atoms with Crippen molar-refractivity contribution in [3.05, 3.63) is 23.0 Å². The highest BCUT2D eigenvalue weighted by atomic mass is 32.1. The number of fused-ring (bicyclic) bond motifs is 1. The standard InChI is InChI=1S/C14H20N2S/c1-9(2)13-16-11-6-10(7-14(3,4)5)15-8-12(11)17-13/h6,8-9H,7H2,1-5H3. The van der Waals surface area contributed by atoms with Crippen LogP contribution in [-0.4, -0.2) is 9.97 Å². The molecular formula is C14H20N2S. The summed E-state index contributed by atoms with van der Waals surface area (Å²) in [6.07, 6.45) is 2.97. The monoisotopic (exact) mass is 248 g/mol. The third-order valence-electron chi connectivity index (χ3n) is 2.55. The maximum absolute atomic E-state index is 4.68. The summed E-state index contributed by atoms with van der Waals surface area (Å²) in [5.41, 5.74) is 2.52. The number of thiazole rings is 1. The lowest BCUT2D eigenvalue weighted by atomic mass is 9.90. The van der Waals surface area contributed by atoms with E-state index >= 15 is 0 Å². The Hall–Kier alpha value is -0.960. The summed E-state index contributed by atoms with van der Waals surface area (Å²) >= 11 is 1.76. The van der Waals surface area contributed by atoms with E-state index in [4.69, 9.17) is 0 Å². The zero-order valence-corrected chi connectivity index (χ0v) is 12.1. The lowest BCUT2D eigenvalue weighted by Gasteiger charge is -2.16. The molecule has 3 heteroatoms. The van der Waals surface area contributed by atoms with Crippen molar-refractivity contribution in [3.63, 3.8) is 0 Å². The van der Waals surface area contributed by atoms with Gasteiger partial charge in [0.2, 0.25) is 0 Å². The average Bonchev–Trinajstić information content (AvgIpc) is 2.57. The first-order valence-corrected chi connectivity index (χ1v) is 6.92. The van der Waals surface area contributed by atoms with Crippen molar-refractivity contribution in [2.24, 2.45) is 5.41 Å². The van der Waals surface area contributed by atoms with E-state index in [0.717, 1.165) is 17.6 Å². The average molecular weight is 248 g/mol. The van der Waals surface area contributed by atoms with Crippen LogP contribution in [0.2, 0.25) is 0 Å². The van der Waals surface area contributed by atoms with E-state index in [2.05, 4.69) is 50.7 Å². The molecule has 2 rings (SSSR count). The van der Waals surface area contributed by atoms with Gasteiger partial charge in [0.1, 0.15) is 0 Å². The maximum atomic E-state index is 4.68. The van der Waals surface area contributed by atoms with E-state index < -0.39 is 0 Å². The molecule has 2 aromatic rings. The quantitative estimate of drug-likeness (QED) is 0.787. The largest absolute Gasteiger partial charge is 0.260 e. The highest BCUT2D eigenvalue weighted by molar-refractivity contribution is 7.18. The fourth-order valence-electron chi connectivity index (χ4n) is 1.78. The molecule has 2 heterocycles. The van der Waals surface area contributed by atoms with Gasteiger partial charge in [0.15, 0.2) is 0 Å². The SMILES string of the molecule is CC(C)c1nc2cc(CC(C)(C)C)ncc2s1. The van der Waals surface area contributed by atoms with Crippen molar-refractivity contribution < 1.29 is 0 Å². The molecule has 0 saturated heterocycles. The van der Waals surface area contributed by atoms with Crippen molar-refractivity contribution in [3.8, 4) is 0 Å². The maximum Gasteiger partial charge on any atom is 0.0964 e. The van der Waals surface area contributed by atoms with Crippen LogP contribution in [0.15, 0.2) is 12.3 Å². The molecule has 0 aliphatic rings. The number of nitrogens with zero attached hydrogens (tertiary/aromatic N) is 2. The molecule has 0 atom stereocenters. The van der Waals surface area contributed by atoms with Crippen LogP contribution in [0.4, 0.5) is 0 Å². The summed E-state index contributed by atoms with van der Waals surface area (Å²) in [4.78, 5) is 9.22. The molecule has 0 fully saturated rings. The van der Waals surface area contributed by atoms with Gasteiger partial charge < -0.3 is 0 Å². The molecule has 0 spiro atoms. The molecule has 0 N–H and O–H groups in total. The Morgan fingerprint density at radius 2 is 2.00 bits per heavy atom. The fourth-order valence-corrected chi connectivity index (χ4v) is 2.70. The zero-order chi connectivity index (χ0) is 12.6. The van der Waals surface area contributed by atoms with Gasteiger partial charge in [-0.3, -0.25) is 4.98 Å². The minimum Gasteiger partial charge on any atom is -0.260 e. The number of hydrogen-bond donors (Lipinski definition) is 0. The summed E-state index contributed by atoms with van der Waals surface area (Å²) in [7, 11) is 0. The summed E-state index contributed by atoms with van der Waals surface area (Å²) in [6, 6.07) is 2.14. The van der Waals surface area contributed by atoms with Crippen molar-refractivity contribution in [1.82, 2.24) is 9.97 Å². The highest BCUT2D eigenvalue weighted by Crippen LogP contribution is 2.28. The van der Waals surface area contributed by atoms with Gasteiger partial charge >= 0.3 is 0 Å². The van der Waals surface area contributed by atoms with Crippen molar-refractivity contribution in [1.29, 1.82) is 0 Å². The summed E-state index contributed by atoms with van der Waals surface area (Å²) in [5.74, 6) is 0.499. The normalized spacial score (nSPS) is 12.6. The Morgan fingerprint density at radius 3 is 2.59 bits per heavy atom. The summed E-state index contributed by atoms with van der Waals surface area (Å²) in [6.45, 7) is 11.1. The second-order valence-electron chi connectivity index (χ2n) is 6.09. The Bertz CT molecular complexity index is 520. The highest BCUT2D eigenvalue weighted by Gasteiger charge is 2.14. The van der Waals surface area contributed by atoms with Crippen molar-refractivity contribution in [2.45, 2.75) is 47.0 Å². The van der Waals surface area contributed by atoms with Crippen LogP contribution in [0.25, 0.3) is 10.2 Å². The molecule has 0 aromatic carbocycles. The van der Waals surface area contributed by atoms with Crippen molar-refractivity contribution >= 4 is 21.6 Å². The van der Waals surface area contributed by atoms with E-state index in [1.54, 1.807) is 11.3 Å². The van der Waals surface area contributed by atoms with Crippen LogP contribution in [0.1, 0.15) is 51.2 Å². The molecule has 2 nitrogen and oxygen atoms in total. The molecular weight excluding hydrogens is 228 g/mol. The topological polar surface area (TPSA) is 25.8 Å². The van der Waals surface area contributed by atoms with Crippen molar-refractivity contribution in [2.75, 3.05) is 0 Å². The molecule has 17 heavy (non-hydrogen) atoms. The van der Waals surface area contributed by atoms with Gasteiger partial charge in [-0.15, -0.1) is 11.3 Å². The predicted octanol–water partition coefficient (Wildman–Crippen LogP) is 4.40. The van der Waals surface area contributed by atoms with E-state index in [0.29, 0.717) is 5.92 Å². The Morgan fingerprint density at radius 1 is 1.29 bits per heavy atom. The van der Waals surface area contributed by atoms with Gasteiger partial charge in [0.05, 0.1) is 15.2 Å². The fraction of sp³-hybridized carbons (Fsp3) is 0.571. The molecule has 0 aliphatic carbocycles. The zero-order valence-electron chi connectivity index (χ0n) is 11.2. The molecule has 0 radical (unpaired) electrons. The van der Waals surface area contributed by atoms with E-state index in [9.17, 15) is 0 Å². The number of hydrogen-bond acceptors (Lipinski definition) is 3. The second kappa shape index (κ2) is 4.37. The minimum atomic E-state index is 0.275. The van der Waals surface area contributed by atoms with Gasteiger partial charge in [0, 0.05) is 17.8 Å². The van der Waals surface area contributed by atoms with Crippen LogP contribution < -0.4 is 0 Å². The van der Waals surface area contributed by atoms with Crippen LogP contribution >= 0.6 is 11.3 Å². The van der Waals surface area contributed by atoms with Gasteiger partial charge in [-0.25, -0.2) is 4.98 Å².